The van der Waals surface area contributed by atoms with Crippen LogP contribution in [0.5, 0.6) is 0 Å². The number of hydrogen-bond donors (Lipinski definition) is 0. The minimum atomic E-state index is -1.31. The van der Waals surface area contributed by atoms with Gasteiger partial charge in [-0.1, -0.05) is 71.7 Å². The molecular weight excluding hydrogens is 445 g/mol. The van der Waals surface area contributed by atoms with E-state index in [4.69, 9.17) is 23.2 Å². The van der Waals surface area contributed by atoms with Crippen LogP contribution < -0.4 is 4.90 Å². The molecule has 2 amide bonds. The van der Waals surface area contributed by atoms with E-state index in [1.165, 1.54) is 4.90 Å². The molecule has 2 atom stereocenters. The number of rotatable bonds is 1. The monoisotopic (exact) mass is 459 g/mol. The lowest BCUT2D eigenvalue weighted by molar-refractivity contribution is -0.129. The molecule has 3 aromatic carbocycles. The Kier molecular flexibility index (Phi) is 3.39. The van der Waals surface area contributed by atoms with Gasteiger partial charge in [0, 0.05) is 21.9 Å². The van der Waals surface area contributed by atoms with E-state index in [0.29, 0.717) is 15.7 Å². The first-order chi connectivity index (χ1) is 15.5. The Balaban J connectivity index is 1.57. The van der Waals surface area contributed by atoms with E-state index in [1.807, 2.05) is 36.4 Å². The average Bonchev–Trinajstić information content (AvgIpc) is 3.28. The van der Waals surface area contributed by atoms with Crippen molar-refractivity contribution in [1.29, 1.82) is 0 Å². The molecule has 1 saturated heterocycles. The van der Waals surface area contributed by atoms with Gasteiger partial charge >= 0.3 is 0 Å². The van der Waals surface area contributed by atoms with Gasteiger partial charge in [-0.2, -0.15) is 10.2 Å². The van der Waals surface area contributed by atoms with Crippen LogP contribution in [0.2, 0.25) is 10.0 Å². The molecule has 7 heteroatoms. The summed E-state index contributed by atoms with van der Waals surface area (Å²) in [5, 5.41) is 9.71. The Morgan fingerprint density at radius 3 is 1.88 bits per heavy atom. The van der Waals surface area contributed by atoms with Crippen molar-refractivity contribution in [3.05, 3.63) is 99.0 Å². The summed E-state index contributed by atoms with van der Waals surface area (Å²) in [6.07, 6.45) is 0. The van der Waals surface area contributed by atoms with Crippen LogP contribution in [0.3, 0.4) is 0 Å². The molecule has 2 aliphatic heterocycles. The van der Waals surface area contributed by atoms with Gasteiger partial charge in [0.2, 0.25) is 5.91 Å². The fourth-order valence-electron chi connectivity index (χ4n) is 6.56. The summed E-state index contributed by atoms with van der Waals surface area (Å²) >= 11 is 12.5. The molecule has 8 rings (SSSR count). The van der Waals surface area contributed by atoms with Crippen LogP contribution in [0.25, 0.3) is 0 Å². The molecule has 0 aromatic heterocycles. The van der Waals surface area contributed by atoms with E-state index in [1.54, 1.807) is 18.2 Å². The standard InChI is InChI=1S/C25H15Cl2N3O2/c26-13-9-14(27)11-15(10-13)30-22(31)24-12-28-29-25(24,23(30)32)21-18-7-3-1-5-16(18)20(24)17-6-2-4-8-19(17)21/h1-11,20-21H,12H2. The van der Waals surface area contributed by atoms with Gasteiger partial charge in [0.25, 0.3) is 5.91 Å². The number of carbonyl (C=O) groups is 2. The summed E-state index contributed by atoms with van der Waals surface area (Å²) in [5.41, 5.74) is 2.19. The van der Waals surface area contributed by atoms with Crippen molar-refractivity contribution in [1.82, 2.24) is 0 Å². The summed E-state index contributed by atoms with van der Waals surface area (Å²) in [7, 11) is 0. The smallest absolute Gasteiger partial charge is 0.265 e. The van der Waals surface area contributed by atoms with E-state index < -0.39 is 11.0 Å². The number of nitrogens with zero attached hydrogens (tertiary/aromatic N) is 3. The maximum absolute atomic E-state index is 14.3. The van der Waals surface area contributed by atoms with Gasteiger partial charge in [-0.25, -0.2) is 4.90 Å². The number of azo groups is 1. The fourth-order valence-corrected chi connectivity index (χ4v) is 7.08. The molecule has 0 radical (unpaired) electrons. The predicted molar refractivity (Wildman–Crippen MR) is 120 cm³/mol. The van der Waals surface area contributed by atoms with Crippen LogP contribution in [0.15, 0.2) is 77.0 Å². The Hall–Kier alpha value is -3.02. The number of halogens is 2. The van der Waals surface area contributed by atoms with Crippen LogP contribution in [-0.2, 0) is 9.59 Å². The minimum Gasteiger partial charge on any atom is -0.273 e. The molecule has 0 N–H and O–H groups in total. The van der Waals surface area contributed by atoms with E-state index in [0.717, 1.165) is 22.3 Å². The van der Waals surface area contributed by atoms with Crippen LogP contribution in [0.4, 0.5) is 5.69 Å². The molecule has 0 spiro atoms. The second-order valence-corrected chi connectivity index (χ2v) is 9.71. The van der Waals surface area contributed by atoms with Gasteiger partial charge in [-0.05, 0) is 40.5 Å². The number of benzene rings is 3. The average molecular weight is 460 g/mol. The first kappa shape index (κ1) is 18.5. The molecule has 3 aromatic rings. The lowest BCUT2D eigenvalue weighted by Gasteiger charge is -2.54. The number of amides is 2. The van der Waals surface area contributed by atoms with Crippen LogP contribution in [0, 0.1) is 5.41 Å². The second-order valence-electron chi connectivity index (χ2n) is 8.83. The molecule has 2 heterocycles. The van der Waals surface area contributed by atoms with Crippen molar-refractivity contribution < 1.29 is 9.59 Å². The lowest BCUT2D eigenvalue weighted by atomic mass is 9.45. The highest BCUT2D eigenvalue weighted by molar-refractivity contribution is 6.36. The van der Waals surface area contributed by atoms with Crippen molar-refractivity contribution in [2.75, 3.05) is 11.4 Å². The topological polar surface area (TPSA) is 62.1 Å². The number of carbonyl (C=O) groups excluding carboxylic acids is 2. The van der Waals surface area contributed by atoms with E-state index in [-0.39, 0.29) is 30.2 Å². The molecule has 5 nitrogen and oxygen atoms in total. The van der Waals surface area contributed by atoms with Crippen molar-refractivity contribution in [3.8, 4) is 0 Å². The molecule has 3 aliphatic carbocycles. The van der Waals surface area contributed by atoms with Crippen LogP contribution in [0.1, 0.15) is 34.1 Å². The Labute approximate surface area is 193 Å². The first-order valence-electron chi connectivity index (χ1n) is 10.4. The van der Waals surface area contributed by atoms with Crippen molar-refractivity contribution in [3.63, 3.8) is 0 Å². The maximum Gasteiger partial charge on any atom is 0.265 e. The van der Waals surface area contributed by atoms with Crippen LogP contribution in [-0.4, -0.2) is 23.9 Å². The highest BCUT2D eigenvalue weighted by atomic mass is 35.5. The fraction of sp³-hybridized carbons (Fsp3) is 0.200. The van der Waals surface area contributed by atoms with Crippen molar-refractivity contribution >= 4 is 40.7 Å². The quantitative estimate of drug-likeness (QED) is 0.460. The van der Waals surface area contributed by atoms with Gasteiger partial charge < -0.3 is 0 Å². The number of anilines is 1. The molecule has 32 heavy (non-hydrogen) atoms. The zero-order chi connectivity index (χ0) is 21.8. The third-order valence-corrected chi connectivity index (χ3v) is 8.03. The predicted octanol–water partition coefficient (Wildman–Crippen LogP) is 5.35. The number of hydrogen-bond acceptors (Lipinski definition) is 4. The molecule has 2 bridgehead atoms. The number of imide groups is 1. The molecule has 156 valence electrons. The van der Waals surface area contributed by atoms with Gasteiger partial charge in [0.15, 0.2) is 5.54 Å². The van der Waals surface area contributed by atoms with Gasteiger partial charge in [-0.15, -0.1) is 0 Å². The molecular formula is C25H15Cl2N3O2. The Morgan fingerprint density at radius 1 is 0.781 bits per heavy atom. The van der Waals surface area contributed by atoms with Gasteiger partial charge in [-0.3, -0.25) is 9.59 Å². The Bertz CT molecular complexity index is 1350. The third-order valence-electron chi connectivity index (χ3n) is 7.59. The summed E-state index contributed by atoms with van der Waals surface area (Å²) in [4.78, 5) is 29.8. The molecule has 5 aliphatic rings. The summed E-state index contributed by atoms with van der Waals surface area (Å²) in [5.74, 6) is -1.35. The minimum absolute atomic E-state index is 0.173. The highest BCUT2D eigenvalue weighted by Gasteiger charge is 2.82. The van der Waals surface area contributed by atoms with Crippen molar-refractivity contribution in [2.24, 2.45) is 15.6 Å². The summed E-state index contributed by atoms with van der Waals surface area (Å²) < 4.78 is 0. The van der Waals surface area contributed by atoms with E-state index in [2.05, 4.69) is 22.4 Å². The molecule has 0 saturated carbocycles. The lowest BCUT2D eigenvalue weighted by Crippen LogP contribution is -2.61. The zero-order valence-corrected chi connectivity index (χ0v) is 18.1. The van der Waals surface area contributed by atoms with E-state index >= 15 is 0 Å². The SMILES string of the molecule is O=C1N(c2cc(Cl)cc(Cl)c2)C(=O)C23N=NCC12C1c2ccccc2C3c2ccccc21. The van der Waals surface area contributed by atoms with Crippen LogP contribution >= 0.6 is 23.2 Å². The maximum atomic E-state index is 14.3. The largest absolute Gasteiger partial charge is 0.273 e. The summed E-state index contributed by atoms with van der Waals surface area (Å²) in [6, 6.07) is 20.9. The summed E-state index contributed by atoms with van der Waals surface area (Å²) in [6.45, 7) is 0.173. The zero-order valence-electron chi connectivity index (χ0n) is 16.6. The molecule has 2 unspecified atom stereocenters. The van der Waals surface area contributed by atoms with Gasteiger partial charge in [0.1, 0.15) is 5.41 Å². The van der Waals surface area contributed by atoms with Gasteiger partial charge in [0.05, 0.1) is 12.2 Å². The highest BCUT2D eigenvalue weighted by Crippen LogP contribution is 2.72. The first-order valence-corrected chi connectivity index (χ1v) is 11.2. The van der Waals surface area contributed by atoms with E-state index in [9.17, 15) is 9.59 Å². The van der Waals surface area contributed by atoms with Crippen molar-refractivity contribution in [2.45, 2.75) is 17.4 Å². The normalized spacial score (nSPS) is 30.9. The third kappa shape index (κ3) is 1.82. The Morgan fingerprint density at radius 2 is 1.31 bits per heavy atom. The second kappa shape index (κ2) is 5.85. The molecule has 1 fully saturated rings.